The summed E-state index contributed by atoms with van der Waals surface area (Å²) < 4.78 is 11.5. The molecule has 0 aromatic heterocycles. The summed E-state index contributed by atoms with van der Waals surface area (Å²) >= 11 is 0. The van der Waals surface area contributed by atoms with Crippen LogP contribution in [0, 0.1) is 0 Å². The molecule has 1 heterocycles. The predicted octanol–water partition coefficient (Wildman–Crippen LogP) is 4.41. The van der Waals surface area contributed by atoms with Gasteiger partial charge in [0.05, 0.1) is 12.7 Å². The third-order valence-corrected chi connectivity index (χ3v) is 4.02. The van der Waals surface area contributed by atoms with E-state index in [1.54, 1.807) is 0 Å². The van der Waals surface area contributed by atoms with Gasteiger partial charge in [0.2, 0.25) is 0 Å². The van der Waals surface area contributed by atoms with E-state index in [4.69, 9.17) is 9.47 Å². The standard InChI is InChI=1S/C18H28O3/c1-4-6-7-8-9-16(19)15-12-17-14(10-13(3)21-17)11-18(15)20-5-2/h11-13,16,19H,4-10H2,1-3H3. The molecule has 0 amide bonds. The summed E-state index contributed by atoms with van der Waals surface area (Å²) in [5.41, 5.74) is 2.06. The van der Waals surface area contributed by atoms with E-state index in [2.05, 4.69) is 13.8 Å². The molecule has 2 unspecified atom stereocenters. The Morgan fingerprint density at radius 1 is 1.29 bits per heavy atom. The topological polar surface area (TPSA) is 38.7 Å². The quantitative estimate of drug-likeness (QED) is 0.721. The van der Waals surface area contributed by atoms with Crippen molar-refractivity contribution >= 4 is 0 Å². The Labute approximate surface area is 128 Å². The van der Waals surface area contributed by atoms with Crippen LogP contribution in [-0.2, 0) is 6.42 Å². The van der Waals surface area contributed by atoms with Crippen LogP contribution in [0.4, 0.5) is 0 Å². The highest BCUT2D eigenvalue weighted by Gasteiger charge is 2.24. The fourth-order valence-electron chi connectivity index (χ4n) is 2.92. The van der Waals surface area contributed by atoms with E-state index in [1.165, 1.54) is 24.8 Å². The van der Waals surface area contributed by atoms with Gasteiger partial charge in [-0.2, -0.15) is 0 Å². The maximum absolute atomic E-state index is 10.5. The van der Waals surface area contributed by atoms with Crippen LogP contribution in [-0.4, -0.2) is 17.8 Å². The summed E-state index contributed by atoms with van der Waals surface area (Å²) in [5.74, 6) is 1.73. The van der Waals surface area contributed by atoms with Gasteiger partial charge in [0.15, 0.2) is 0 Å². The van der Waals surface area contributed by atoms with E-state index >= 15 is 0 Å². The third kappa shape index (κ3) is 4.13. The molecule has 1 aromatic carbocycles. The normalized spacial score (nSPS) is 18.2. The van der Waals surface area contributed by atoms with Gasteiger partial charge in [-0.15, -0.1) is 0 Å². The van der Waals surface area contributed by atoms with Crippen LogP contribution in [0.2, 0.25) is 0 Å². The lowest BCUT2D eigenvalue weighted by atomic mass is 9.99. The van der Waals surface area contributed by atoms with Crippen LogP contribution in [0.25, 0.3) is 0 Å². The van der Waals surface area contributed by atoms with Crippen LogP contribution in [0.5, 0.6) is 11.5 Å². The molecule has 0 bridgehead atoms. The van der Waals surface area contributed by atoms with Crippen molar-refractivity contribution in [1.29, 1.82) is 0 Å². The SMILES string of the molecule is CCCCCCC(O)c1cc2c(cc1OCC)CC(C)O2. The fourth-order valence-corrected chi connectivity index (χ4v) is 2.92. The molecule has 1 aliphatic rings. The van der Waals surface area contributed by atoms with Gasteiger partial charge in [-0.05, 0) is 32.4 Å². The first-order valence-corrected chi connectivity index (χ1v) is 8.30. The van der Waals surface area contributed by atoms with E-state index in [0.29, 0.717) is 6.61 Å². The summed E-state index contributed by atoms with van der Waals surface area (Å²) in [7, 11) is 0. The second kappa shape index (κ2) is 7.69. The van der Waals surface area contributed by atoms with Crippen molar-refractivity contribution in [3.05, 3.63) is 23.3 Å². The average Bonchev–Trinajstić information content (AvgIpc) is 2.82. The first kappa shape index (κ1) is 16.2. The first-order chi connectivity index (χ1) is 10.2. The zero-order valence-corrected chi connectivity index (χ0v) is 13.5. The van der Waals surface area contributed by atoms with Gasteiger partial charge in [0, 0.05) is 17.5 Å². The molecule has 1 aromatic rings. The van der Waals surface area contributed by atoms with Gasteiger partial charge >= 0.3 is 0 Å². The van der Waals surface area contributed by atoms with Crippen LogP contribution in [0.15, 0.2) is 12.1 Å². The number of hydrogen-bond acceptors (Lipinski definition) is 3. The summed E-state index contributed by atoms with van der Waals surface area (Å²) in [6.45, 7) is 6.86. The van der Waals surface area contributed by atoms with Crippen LogP contribution >= 0.6 is 0 Å². The van der Waals surface area contributed by atoms with Gasteiger partial charge in [-0.1, -0.05) is 32.6 Å². The van der Waals surface area contributed by atoms with Crippen molar-refractivity contribution in [2.24, 2.45) is 0 Å². The lowest BCUT2D eigenvalue weighted by Crippen LogP contribution is -2.05. The molecule has 1 N–H and O–H groups in total. The minimum Gasteiger partial charge on any atom is -0.493 e. The number of aliphatic hydroxyl groups excluding tert-OH is 1. The molecule has 2 atom stereocenters. The average molecular weight is 292 g/mol. The van der Waals surface area contributed by atoms with E-state index < -0.39 is 6.10 Å². The monoisotopic (exact) mass is 292 g/mol. The second-order valence-electron chi connectivity index (χ2n) is 5.93. The highest BCUT2D eigenvalue weighted by molar-refractivity contribution is 5.49. The van der Waals surface area contributed by atoms with E-state index in [9.17, 15) is 5.11 Å². The summed E-state index contributed by atoms with van der Waals surface area (Å²) in [4.78, 5) is 0. The molecule has 0 fully saturated rings. The van der Waals surface area contributed by atoms with Gasteiger partial charge in [0.1, 0.15) is 17.6 Å². The Bertz CT molecular complexity index is 456. The highest BCUT2D eigenvalue weighted by atomic mass is 16.5. The smallest absolute Gasteiger partial charge is 0.125 e. The first-order valence-electron chi connectivity index (χ1n) is 8.30. The number of aliphatic hydroxyl groups is 1. The lowest BCUT2D eigenvalue weighted by Gasteiger charge is -2.17. The van der Waals surface area contributed by atoms with Gasteiger partial charge in [-0.25, -0.2) is 0 Å². The molecule has 0 saturated heterocycles. The van der Waals surface area contributed by atoms with Crippen LogP contribution in [0.3, 0.4) is 0 Å². The Hall–Kier alpha value is -1.22. The van der Waals surface area contributed by atoms with E-state index in [0.717, 1.165) is 36.3 Å². The molecular formula is C18H28O3. The van der Waals surface area contributed by atoms with Crippen LogP contribution in [0.1, 0.15) is 70.1 Å². The number of fused-ring (bicyclic) bond motifs is 1. The Balaban J connectivity index is 2.11. The molecule has 2 rings (SSSR count). The highest BCUT2D eigenvalue weighted by Crippen LogP contribution is 2.38. The maximum Gasteiger partial charge on any atom is 0.125 e. The van der Waals surface area contributed by atoms with Crippen molar-refractivity contribution < 1.29 is 14.6 Å². The van der Waals surface area contributed by atoms with Gasteiger partial charge in [-0.3, -0.25) is 0 Å². The fraction of sp³-hybridized carbons (Fsp3) is 0.667. The number of hydrogen-bond donors (Lipinski definition) is 1. The Morgan fingerprint density at radius 3 is 2.81 bits per heavy atom. The molecule has 118 valence electrons. The van der Waals surface area contributed by atoms with Gasteiger partial charge in [0.25, 0.3) is 0 Å². The molecule has 21 heavy (non-hydrogen) atoms. The van der Waals surface area contributed by atoms with Crippen LogP contribution < -0.4 is 9.47 Å². The molecule has 3 heteroatoms. The largest absolute Gasteiger partial charge is 0.493 e. The molecule has 0 aliphatic carbocycles. The van der Waals surface area contributed by atoms with Crippen molar-refractivity contribution in [2.45, 2.75) is 71.5 Å². The number of ether oxygens (including phenoxy) is 2. The van der Waals surface area contributed by atoms with Crippen molar-refractivity contribution in [3.63, 3.8) is 0 Å². The summed E-state index contributed by atoms with van der Waals surface area (Å²) in [6, 6.07) is 4.03. The second-order valence-corrected chi connectivity index (χ2v) is 5.93. The zero-order valence-electron chi connectivity index (χ0n) is 13.5. The molecule has 0 saturated carbocycles. The van der Waals surface area contributed by atoms with E-state index in [-0.39, 0.29) is 6.10 Å². The molecule has 0 radical (unpaired) electrons. The zero-order chi connectivity index (χ0) is 15.2. The third-order valence-electron chi connectivity index (χ3n) is 4.02. The Kier molecular flexibility index (Phi) is 5.92. The number of rotatable bonds is 8. The molecule has 1 aliphatic heterocycles. The maximum atomic E-state index is 10.5. The van der Waals surface area contributed by atoms with Gasteiger partial charge < -0.3 is 14.6 Å². The summed E-state index contributed by atoms with van der Waals surface area (Å²) in [5, 5.41) is 10.5. The molecule has 0 spiro atoms. The lowest BCUT2D eigenvalue weighted by molar-refractivity contribution is 0.157. The minimum atomic E-state index is -0.465. The minimum absolute atomic E-state index is 0.214. The van der Waals surface area contributed by atoms with Crippen molar-refractivity contribution in [3.8, 4) is 11.5 Å². The molecular weight excluding hydrogens is 264 g/mol. The summed E-state index contributed by atoms with van der Waals surface area (Å²) in [6.07, 6.45) is 6.13. The molecule has 3 nitrogen and oxygen atoms in total. The predicted molar refractivity (Wildman–Crippen MR) is 85.1 cm³/mol. The van der Waals surface area contributed by atoms with Crippen molar-refractivity contribution in [2.75, 3.05) is 6.61 Å². The van der Waals surface area contributed by atoms with Crippen molar-refractivity contribution in [1.82, 2.24) is 0 Å². The van der Waals surface area contributed by atoms with E-state index in [1.807, 2.05) is 19.1 Å². The number of unbranched alkanes of at least 4 members (excludes halogenated alkanes) is 3. The Morgan fingerprint density at radius 2 is 2.10 bits per heavy atom. The number of benzene rings is 1.